The van der Waals surface area contributed by atoms with Crippen molar-refractivity contribution in [3.63, 3.8) is 0 Å². The van der Waals surface area contributed by atoms with Gasteiger partial charge in [0, 0.05) is 24.5 Å². The van der Waals surface area contributed by atoms with Crippen molar-refractivity contribution in [1.82, 2.24) is 9.78 Å². The summed E-state index contributed by atoms with van der Waals surface area (Å²) in [5.41, 5.74) is 0. The Bertz CT molecular complexity index is 261. The quantitative estimate of drug-likeness (QED) is 0.509. The van der Waals surface area contributed by atoms with Gasteiger partial charge >= 0.3 is 0 Å². The first-order chi connectivity index (χ1) is 5.36. The largest absolute Gasteiger partial charge is 0.272 e. The van der Waals surface area contributed by atoms with Gasteiger partial charge in [0.2, 0.25) is 0 Å². The molecule has 58 valence electrons. The van der Waals surface area contributed by atoms with Crippen LogP contribution in [0.15, 0.2) is 17.3 Å². The lowest BCUT2D eigenvalue weighted by atomic mass is 10.5. The highest BCUT2D eigenvalue weighted by atomic mass is 32.2. The molecule has 0 fully saturated rings. The van der Waals surface area contributed by atoms with Crippen LogP contribution in [-0.2, 0) is 6.54 Å². The van der Waals surface area contributed by atoms with E-state index in [-0.39, 0.29) is 0 Å². The Morgan fingerprint density at radius 1 is 1.82 bits per heavy atom. The SMILES string of the molecule is CCCn1ccc(SC#N)n1. The number of hydrogen-bond acceptors (Lipinski definition) is 3. The Balaban J connectivity index is 2.60. The summed E-state index contributed by atoms with van der Waals surface area (Å²) in [6.07, 6.45) is 2.96. The maximum atomic E-state index is 8.32. The van der Waals surface area contributed by atoms with Crippen molar-refractivity contribution in [2.75, 3.05) is 0 Å². The molecule has 1 aromatic heterocycles. The summed E-state index contributed by atoms with van der Waals surface area (Å²) in [5, 5.41) is 15.2. The Kier molecular flexibility index (Phi) is 2.99. The molecule has 0 unspecified atom stereocenters. The third-order valence-electron chi connectivity index (χ3n) is 1.22. The van der Waals surface area contributed by atoms with Crippen LogP contribution < -0.4 is 0 Å². The Labute approximate surface area is 70.0 Å². The van der Waals surface area contributed by atoms with Crippen LogP contribution in [0.1, 0.15) is 13.3 Å². The average molecular weight is 167 g/mol. The molecule has 0 radical (unpaired) electrons. The molecule has 0 aliphatic carbocycles. The normalized spacial score (nSPS) is 9.45. The molecular weight excluding hydrogens is 158 g/mol. The summed E-state index contributed by atoms with van der Waals surface area (Å²) in [7, 11) is 0. The van der Waals surface area contributed by atoms with E-state index in [1.165, 1.54) is 0 Å². The molecule has 3 nitrogen and oxygen atoms in total. The van der Waals surface area contributed by atoms with Crippen LogP contribution in [0.2, 0.25) is 0 Å². The Morgan fingerprint density at radius 3 is 3.27 bits per heavy atom. The minimum atomic E-state index is 0.779. The molecule has 0 aliphatic rings. The second-order valence-corrected chi connectivity index (χ2v) is 2.92. The van der Waals surface area contributed by atoms with E-state index in [4.69, 9.17) is 5.26 Å². The summed E-state index contributed by atoms with van der Waals surface area (Å²) >= 11 is 1.10. The lowest BCUT2D eigenvalue weighted by molar-refractivity contribution is 0.589. The highest BCUT2D eigenvalue weighted by molar-refractivity contribution is 8.03. The van der Waals surface area contributed by atoms with E-state index < -0.39 is 0 Å². The molecular formula is C7H9N3S. The van der Waals surface area contributed by atoms with Crippen LogP contribution in [0.3, 0.4) is 0 Å². The maximum Gasteiger partial charge on any atom is 0.140 e. The maximum absolute atomic E-state index is 8.32. The van der Waals surface area contributed by atoms with Crippen molar-refractivity contribution in [2.45, 2.75) is 24.9 Å². The number of hydrogen-bond donors (Lipinski definition) is 0. The van der Waals surface area contributed by atoms with Crippen LogP contribution in [0, 0.1) is 10.7 Å². The van der Waals surface area contributed by atoms with Gasteiger partial charge in [-0.3, -0.25) is 4.68 Å². The van der Waals surface area contributed by atoms with Gasteiger partial charge in [-0.15, -0.1) is 0 Å². The zero-order chi connectivity index (χ0) is 8.10. The number of thiocyanates is 1. The van der Waals surface area contributed by atoms with Crippen LogP contribution in [0.25, 0.3) is 0 Å². The van der Waals surface area contributed by atoms with Crippen molar-refractivity contribution >= 4 is 11.8 Å². The molecule has 1 rings (SSSR count). The number of nitriles is 1. The minimum Gasteiger partial charge on any atom is -0.272 e. The van der Waals surface area contributed by atoms with E-state index in [0.29, 0.717) is 0 Å². The summed E-state index contributed by atoms with van der Waals surface area (Å²) in [5.74, 6) is 0. The lowest BCUT2D eigenvalue weighted by Gasteiger charge is -1.93. The first kappa shape index (κ1) is 8.15. The van der Waals surface area contributed by atoms with E-state index in [2.05, 4.69) is 12.0 Å². The number of aryl methyl sites for hydroxylation is 1. The van der Waals surface area contributed by atoms with Gasteiger partial charge in [0.25, 0.3) is 0 Å². The fourth-order valence-electron chi connectivity index (χ4n) is 0.798. The summed E-state index contributed by atoms with van der Waals surface area (Å²) in [6, 6.07) is 1.85. The zero-order valence-corrected chi connectivity index (χ0v) is 7.14. The topological polar surface area (TPSA) is 41.6 Å². The van der Waals surface area contributed by atoms with Crippen molar-refractivity contribution in [2.24, 2.45) is 0 Å². The van der Waals surface area contributed by atoms with E-state index in [0.717, 1.165) is 29.8 Å². The van der Waals surface area contributed by atoms with Gasteiger partial charge in [-0.05, 0) is 12.5 Å². The molecule has 0 saturated carbocycles. The molecule has 4 heteroatoms. The molecule has 1 heterocycles. The number of nitrogens with zero attached hydrogens (tertiary/aromatic N) is 3. The summed E-state index contributed by atoms with van der Waals surface area (Å²) < 4.78 is 1.85. The van der Waals surface area contributed by atoms with Gasteiger partial charge in [0.05, 0.1) is 0 Å². The summed E-state index contributed by atoms with van der Waals surface area (Å²) in [4.78, 5) is 0. The zero-order valence-electron chi connectivity index (χ0n) is 6.32. The van der Waals surface area contributed by atoms with Gasteiger partial charge in [0.15, 0.2) is 0 Å². The predicted molar refractivity (Wildman–Crippen MR) is 44.0 cm³/mol. The standard InChI is InChI=1S/C7H9N3S/c1-2-4-10-5-3-7(9-10)11-6-8/h3,5H,2,4H2,1H3. The van der Waals surface area contributed by atoms with E-state index >= 15 is 0 Å². The monoisotopic (exact) mass is 167 g/mol. The highest BCUT2D eigenvalue weighted by Crippen LogP contribution is 2.12. The molecule has 0 amide bonds. The fraction of sp³-hybridized carbons (Fsp3) is 0.429. The number of thioether (sulfide) groups is 1. The average Bonchev–Trinajstić information content (AvgIpc) is 2.38. The van der Waals surface area contributed by atoms with Crippen LogP contribution in [-0.4, -0.2) is 9.78 Å². The van der Waals surface area contributed by atoms with Gasteiger partial charge in [-0.25, -0.2) is 0 Å². The minimum absolute atomic E-state index is 0.779. The van der Waals surface area contributed by atoms with E-state index in [1.807, 2.05) is 22.3 Å². The van der Waals surface area contributed by atoms with Crippen LogP contribution in [0.4, 0.5) is 0 Å². The molecule has 0 spiro atoms. The highest BCUT2D eigenvalue weighted by Gasteiger charge is 1.96. The molecule has 11 heavy (non-hydrogen) atoms. The third kappa shape index (κ3) is 2.28. The fourth-order valence-corrected chi connectivity index (χ4v) is 1.17. The van der Waals surface area contributed by atoms with Crippen LogP contribution >= 0.6 is 11.8 Å². The molecule has 0 aromatic carbocycles. The molecule has 0 N–H and O–H groups in total. The Morgan fingerprint density at radius 2 is 2.64 bits per heavy atom. The number of rotatable bonds is 3. The van der Waals surface area contributed by atoms with Crippen molar-refractivity contribution in [3.8, 4) is 5.40 Å². The first-order valence-electron chi connectivity index (χ1n) is 3.46. The third-order valence-corrected chi connectivity index (χ3v) is 1.74. The van der Waals surface area contributed by atoms with Crippen LogP contribution in [0.5, 0.6) is 0 Å². The Hall–Kier alpha value is -0.950. The second kappa shape index (κ2) is 4.04. The van der Waals surface area contributed by atoms with Gasteiger partial charge in [-0.2, -0.15) is 10.4 Å². The lowest BCUT2D eigenvalue weighted by Crippen LogP contribution is -1.96. The smallest absolute Gasteiger partial charge is 0.140 e. The van der Waals surface area contributed by atoms with E-state index in [1.54, 1.807) is 0 Å². The summed E-state index contributed by atoms with van der Waals surface area (Å²) in [6.45, 7) is 3.02. The van der Waals surface area contributed by atoms with Crippen molar-refractivity contribution < 1.29 is 0 Å². The molecule has 0 aliphatic heterocycles. The number of aromatic nitrogens is 2. The molecule has 0 saturated heterocycles. The first-order valence-corrected chi connectivity index (χ1v) is 4.28. The van der Waals surface area contributed by atoms with Crippen molar-refractivity contribution in [3.05, 3.63) is 12.3 Å². The van der Waals surface area contributed by atoms with Gasteiger partial charge in [0.1, 0.15) is 10.4 Å². The predicted octanol–water partition coefficient (Wildman–Crippen LogP) is 1.87. The molecule has 1 aromatic rings. The molecule has 0 bridgehead atoms. The second-order valence-electron chi connectivity index (χ2n) is 2.11. The molecule has 0 atom stereocenters. The van der Waals surface area contributed by atoms with Gasteiger partial charge in [-0.1, -0.05) is 6.92 Å². The van der Waals surface area contributed by atoms with E-state index in [9.17, 15) is 0 Å². The van der Waals surface area contributed by atoms with Crippen molar-refractivity contribution in [1.29, 1.82) is 5.26 Å². The van der Waals surface area contributed by atoms with Gasteiger partial charge < -0.3 is 0 Å².